The second-order valence-electron chi connectivity index (χ2n) is 6.41. The van der Waals surface area contributed by atoms with Gasteiger partial charge in [0.1, 0.15) is 17.6 Å². The molecule has 3 aromatic rings. The number of nitrogens with zero attached hydrogens (tertiary/aromatic N) is 5. The quantitative estimate of drug-likeness (QED) is 0.638. The number of amides is 1. The Bertz CT molecular complexity index is 1060. The van der Waals surface area contributed by atoms with Gasteiger partial charge in [-0.25, -0.2) is 9.67 Å². The molecule has 1 unspecified atom stereocenters. The Morgan fingerprint density at radius 1 is 1.31 bits per heavy atom. The molecule has 1 N–H and O–H groups in total. The summed E-state index contributed by atoms with van der Waals surface area (Å²) < 4.78 is 7.24. The minimum absolute atomic E-state index is 0.0312. The summed E-state index contributed by atoms with van der Waals surface area (Å²) in [7, 11) is 1.78. The third kappa shape index (κ3) is 4.06. The number of carbonyl (C=O) groups is 1. The van der Waals surface area contributed by atoms with Crippen LogP contribution < -0.4 is 15.0 Å². The SMILES string of the molecule is CN1C(=S)C(NC(=O)c2nc(Cl)n(Cc3ccccc3)n2)COc2cccnc21. The number of benzene rings is 1. The maximum absolute atomic E-state index is 12.7. The molecule has 1 amide bonds. The first kappa shape index (κ1) is 19.3. The van der Waals surface area contributed by atoms with E-state index in [4.69, 9.17) is 28.6 Å². The zero-order valence-corrected chi connectivity index (χ0v) is 17.0. The molecule has 0 saturated heterocycles. The largest absolute Gasteiger partial charge is 0.487 e. The van der Waals surface area contributed by atoms with Crippen LogP contribution in [-0.4, -0.2) is 50.3 Å². The normalized spacial score (nSPS) is 16.0. The summed E-state index contributed by atoms with van der Waals surface area (Å²) >= 11 is 11.7. The Kier molecular flexibility index (Phi) is 5.41. The fourth-order valence-electron chi connectivity index (χ4n) is 2.93. The summed E-state index contributed by atoms with van der Waals surface area (Å²) in [4.78, 5) is 23.3. The van der Waals surface area contributed by atoms with E-state index in [-0.39, 0.29) is 17.7 Å². The topological polar surface area (TPSA) is 85.2 Å². The molecule has 0 aliphatic carbocycles. The summed E-state index contributed by atoms with van der Waals surface area (Å²) in [5.41, 5.74) is 0.997. The first-order valence-electron chi connectivity index (χ1n) is 8.83. The van der Waals surface area contributed by atoms with Gasteiger partial charge in [0, 0.05) is 13.2 Å². The first-order valence-corrected chi connectivity index (χ1v) is 9.62. The Labute approximate surface area is 177 Å². The number of thiocarbonyl (C=S) groups is 1. The molecule has 29 heavy (non-hydrogen) atoms. The molecule has 1 aromatic carbocycles. The number of likely N-dealkylation sites (N-methyl/N-ethyl adjacent to an activating group) is 1. The predicted molar refractivity (Wildman–Crippen MR) is 113 cm³/mol. The zero-order valence-electron chi connectivity index (χ0n) is 15.4. The smallest absolute Gasteiger partial charge is 0.291 e. The van der Waals surface area contributed by atoms with Crippen LogP contribution in [0.2, 0.25) is 5.28 Å². The summed E-state index contributed by atoms with van der Waals surface area (Å²) in [6, 6.07) is 12.7. The minimum Gasteiger partial charge on any atom is -0.487 e. The second kappa shape index (κ2) is 8.14. The highest BCUT2D eigenvalue weighted by Gasteiger charge is 2.29. The van der Waals surface area contributed by atoms with Crippen molar-refractivity contribution in [3.63, 3.8) is 0 Å². The summed E-state index contributed by atoms with van der Waals surface area (Å²) in [5, 5.41) is 7.18. The van der Waals surface area contributed by atoms with Crippen LogP contribution >= 0.6 is 23.8 Å². The lowest BCUT2D eigenvalue weighted by Crippen LogP contribution is -2.48. The van der Waals surface area contributed by atoms with Crippen LogP contribution in [0.1, 0.15) is 16.2 Å². The van der Waals surface area contributed by atoms with Gasteiger partial charge in [0.05, 0.1) is 6.54 Å². The molecular formula is C19H17ClN6O2S. The number of nitrogens with one attached hydrogen (secondary N) is 1. The molecule has 0 fully saturated rings. The number of ether oxygens (including phenoxy) is 1. The zero-order chi connectivity index (χ0) is 20.4. The van der Waals surface area contributed by atoms with Gasteiger partial charge in [-0.05, 0) is 29.3 Å². The van der Waals surface area contributed by atoms with E-state index in [1.807, 2.05) is 30.3 Å². The van der Waals surface area contributed by atoms with Gasteiger partial charge >= 0.3 is 0 Å². The Hall–Kier alpha value is -3.04. The predicted octanol–water partition coefficient (Wildman–Crippen LogP) is 2.33. The number of aromatic nitrogens is 4. The van der Waals surface area contributed by atoms with Crippen LogP contribution in [0.4, 0.5) is 5.82 Å². The van der Waals surface area contributed by atoms with Crippen LogP contribution in [0.25, 0.3) is 0 Å². The fourth-order valence-corrected chi connectivity index (χ4v) is 3.32. The standard InChI is InChI=1S/C19H17ClN6O2S/c1-25-16-14(8-5-9-21-16)28-11-13(18(25)29)22-17(27)15-23-19(20)26(24-15)10-12-6-3-2-4-7-12/h2-9,13H,10-11H2,1H3,(H,22,27). The van der Waals surface area contributed by atoms with Gasteiger partial charge in [0.25, 0.3) is 5.91 Å². The first-order chi connectivity index (χ1) is 14.0. The van der Waals surface area contributed by atoms with Crippen molar-refractivity contribution in [2.24, 2.45) is 0 Å². The van der Waals surface area contributed by atoms with Crippen LogP contribution in [0.3, 0.4) is 0 Å². The lowest BCUT2D eigenvalue weighted by atomic mass is 10.2. The van der Waals surface area contributed by atoms with Gasteiger partial charge in [0.15, 0.2) is 11.6 Å². The third-order valence-electron chi connectivity index (χ3n) is 4.41. The lowest BCUT2D eigenvalue weighted by Gasteiger charge is -2.22. The Morgan fingerprint density at radius 3 is 2.90 bits per heavy atom. The Balaban J connectivity index is 1.48. The molecule has 148 valence electrons. The number of fused-ring (bicyclic) bond motifs is 1. The minimum atomic E-state index is -0.545. The molecule has 3 heterocycles. The van der Waals surface area contributed by atoms with E-state index >= 15 is 0 Å². The van der Waals surface area contributed by atoms with Gasteiger partial charge in [-0.15, -0.1) is 5.10 Å². The van der Waals surface area contributed by atoms with Crippen molar-refractivity contribution in [2.75, 3.05) is 18.6 Å². The third-order valence-corrected chi connectivity index (χ3v) is 5.25. The van der Waals surface area contributed by atoms with Crippen LogP contribution in [0.15, 0.2) is 48.7 Å². The second-order valence-corrected chi connectivity index (χ2v) is 7.16. The van der Waals surface area contributed by atoms with E-state index in [2.05, 4.69) is 20.4 Å². The summed E-state index contributed by atoms with van der Waals surface area (Å²) in [6.07, 6.45) is 1.66. The number of carbonyl (C=O) groups excluding carboxylic acids is 1. The van der Waals surface area contributed by atoms with Crippen LogP contribution in [0.5, 0.6) is 5.75 Å². The van der Waals surface area contributed by atoms with Crippen molar-refractivity contribution in [2.45, 2.75) is 12.6 Å². The van der Waals surface area contributed by atoms with Crippen molar-refractivity contribution in [1.29, 1.82) is 0 Å². The van der Waals surface area contributed by atoms with Gasteiger partial charge < -0.3 is 15.0 Å². The molecule has 1 atom stereocenters. The highest BCUT2D eigenvalue weighted by molar-refractivity contribution is 7.80. The van der Waals surface area contributed by atoms with Crippen molar-refractivity contribution < 1.29 is 9.53 Å². The molecule has 0 bridgehead atoms. The highest BCUT2D eigenvalue weighted by Crippen LogP contribution is 2.27. The molecule has 8 nitrogen and oxygen atoms in total. The van der Waals surface area contributed by atoms with Crippen LogP contribution in [0, 0.1) is 0 Å². The van der Waals surface area contributed by atoms with Crippen LogP contribution in [-0.2, 0) is 6.54 Å². The van der Waals surface area contributed by atoms with Crippen molar-refractivity contribution in [3.05, 3.63) is 65.3 Å². The molecule has 0 radical (unpaired) electrons. The van der Waals surface area contributed by atoms with Gasteiger partial charge in [-0.1, -0.05) is 42.5 Å². The van der Waals surface area contributed by atoms with Gasteiger partial charge in [0.2, 0.25) is 11.1 Å². The Morgan fingerprint density at radius 2 is 2.10 bits per heavy atom. The monoisotopic (exact) mass is 428 g/mol. The van der Waals surface area contributed by atoms with E-state index in [9.17, 15) is 4.79 Å². The lowest BCUT2D eigenvalue weighted by molar-refractivity contribution is 0.0927. The number of rotatable bonds is 4. The molecule has 1 aliphatic heterocycles. The molecule has 0 saturated carbocycles. The molecular weight excluding hydrogens is 412 g/mol. The van der Waals surface area contributed by atoms with E-state index in [0.717, 1.165) is 5.56 Å². The number of hydrogen-bond acceptors (Lipinski definition) is 6. The number of anilines is 1. The van der Waals surface area contributed by atoms with E-state index in [1.54, 1.807) is 30.3 Å². The average Bonchev–Trinajstić information content (AvgIpc) is 3.06. The summed E-state index contributed by atoms with van der Waals surface area (Å²) in [5.74, 6) is 0.684. The maximum atomic E-state index is 12.7. The average molecular weight is 429 g/mol. The van der Waals surface area contributed by atoms with E-state index < -0.39 is 11.9 Å². The van der Waals surface area contributed by atoms with Crippen molar-refractivity contribution >= 4 is 40.5 Å². The summed E-state index contributed by atoms with van der Waals surface area (Å²) in [6.45, 7) is 0.584. The van der Waals surface area contributed by atoms with Gasteiger partial charge in [-0.3, -0.25) is 4.79 Å². The maximum Gasteiger partial charge on any atom is 0.291 e. The molecule has 10 heteroatoms. The van der Waals surface area contributed by atoms with Crippen molar-refractivity contribution in [1.82, 2.24) is 25.1 Å². The number of halogens is 1. The molecule has 4 rings (SSSR count). The molecule has 2 aromatic heterocycles. The van der Waals surface area contributed by atoms with Gasteiger partial charge in [-0.2, -0.15) is 4.98 Å². The molecule has 0 spiro atoms. The van der Waals surface area contributed by atoms with E-state index in [0.29, 0.717) is 23.1 Å². The highest BCUT2D eigenvalue weighted by atomic mass is 35.5. The number of hydrogen-bond donors (Lipinski definition) is 1. The fraction of sp³-hybridized carbons (Fsp3) is 0.211. The molecule has 1 aliphatic rings. The number of pyridine rings is 1. The van der Waals surface area contributed by atoms with Crippen molar-refractivity contribution in [3.8, 4) is 5.75 Å². The van der Waals surface area contributed by atoms with E-state index in [1.165, 1.54) is 4.68 Å².